The highest BCUT2D eigenvalue weighted by molar-refractivity contribution is 7.13. The summed E-state index contributed by atoms with van der Waals surface area (Å²) in [6, 6.07) is 15.6. The molecule has 3 aromatic rings. The van der Waals surface area contributed by atoms with Crippen LogP contribution >= 0.6 is 11.3 Å². The first-order valence-electron chi connectivity index (χ1n) is 8.79. The number of rotatable bonds is 9. The molecular weight excluding hydrogens is 376 g/mol. The summed E-state index contributed by atoms with van der Waals surface area (Å²) in [7, 11) is 3.19. The van der Waals surface area contributed by atoms with E-state index in [0.29, 0.717) is 37.0 Å². The Balaban J connectivity index is 1.70. The summed E-state index contributed by atoms with van der Waals surface area (Å²) in [5, 5.41) is 5.24. The van der Waals surface area contributed by atoms with Crippen molar-refractivity contribution in [3.63, 3.8) is 0 Å². The monoisotopic (exact) mass is 398 g/mol. The molecule has 0 aliphatic heterocycles. The fourth-order valence-corrected chi connectivity index (χ4v) is 3.32. The van der Waals surface area contributed by atoms with E-state index < -0.39 is 0 Å². The van der Waals surface area contributed by atoms with E-state index in [1.807, 2.05) is 48.5 Å². The van der Waals surface area contributed by atoms with Gasteiger partial charge in [-0.1, -0.05) is 30.3 Å². The summed E-state index contributed by atoms with van der Waals surface area (Å²) < 4.78 is 16.3. The van der Waals surface area contributed by atoms with Gasteiger partial charge in [-0.3, -0.25) is 4.79 Å². The molecular formula is C21H22N2O4S. The van der Waals surface area contributed by atoms with Crippen molar-refractivity contribution in [3.8, 4) is 22.1 Å². The van der Waals surface area contributed by atoms with Crippen molar-refractivity contribution in [1.82, 2.24) is 10.3 Å². The third-order valence-corrected chi connectivity index (χ3v) is 4.87. The zero-order valence-electron chi connectivity index (χ0n) is 15.8. The second-order valence-electron chi connectivity index (χ2n) is 5.93. The van der Waals surface area contributed by atoms with E-state index in [4.69, 9.17) is 14.2 Å². The molecule has 6 nitrogen and oxygen atoms in total. The third-order valence-electron chi connectivity index (χ3n) is 3.98. The highest BCUT2D eigenvalue weighted by Crippen LogP contribution is 2.34. The number of carbonyl (C=O) groups is 1. The average Bonchev–Trinajstić information content (AvgIpc) is 3.23. The van der Waals surface area contributed by atoms with Crippen LogP contribution in [-0.4, -0.2) is 38.3 Å². The molecule has 0 atom stereocenters. The summed E-state index contributed by atoms with van der Waals surface area (Å²) in [5.41, 5.74) is 2.34. The van der Waals surface area contributed by atoms with Crippen LogP contribution in [0.3, 0.4) is 0 Å². The van der Waals surface area contributed by atoms with Crippen molar-refractivity contribution in [3.05, 3.63) is 65.2 Å². The highest BCUT2D eigenvalue weighted by atomic mass is 32.1. The topological polar surface area (TPSA) is 69.7 Å². The molecule has 3 rings (SSSR count). The number of benzene rings is 2. The zero-order valence-corrected chi connectivity index (χ0v) is 16.6. The number of hydrogen-bond acceptors (Lipinski definition) is 6. The van der Waals surface area contributed by atoms with Gasteiger partial charge in [-0.15, -0.1) is 11.3 Å². The molecule has 0 unspecified atom stereocenters. The third kappa shape index (κ3) is 5.09. The summed E-state index contributed by atoms with van der Waals surface area (Å²) in [4.78, 5) is 16.5. The Hall–Kier alpha value is -2.90. The Morgan fingerprint density at radius 2 is 1.93 bits per heavy atom. The molecule has 1 N–H and O–H groups in total. The normalized spacial score (nSPS) is 10.5. The Bertz CT molecular complexity index is 912. The predicted octanol–water partition coefficient (Wildman–Crippen LogP) is 3.77. The number of hydrogen-bond donors (Lipinski definition) is 1. The maximum atomic E-state index is 12.1. The molecule has 1 heterocycles. The van der Waals surface area contributed by atoms with E-state index in [-0.39, 0.29) is 5.91 Å². The van der Waals surface area contributed by atoms with Gasteiger partial charge in [0.15, 0.2) is 11.5 Å². The molecule has 0 spiro atoms. The predicted molar refractivity (Wildman–Crippen MR) is 109 cm³/mol. The SMILES string of the molecule is COCCNC(=O)c1csc(-c2ccc(OCc3ccccc3)c(OC)c2)n1. The minimum atomic E-state index is -0.214. The molecule has 7 heteroatoms. The maximum Gasteiger partial charge on any atom is 0.270 e. The Kier molecular flexibility index (Phi) is 7.00. The van der Waals surface area contributed by atoms with Crippen molar-refractivity contribution in [2.24, 2.45) is 0 Å². The molecule has 146 valence electrons. The molecule has 0 radical (unpaired) electrons. The lowest BCUT2D eigenvalue weighted by molar-refractivity contribution is 0.0933. The lowest BCUT2D eigenvalue weighted by Crippen LogP contribution is -2.27. The number of nitrogens with zero attached hydrogens (tertiary/aromatic N) is 1. The van der Waals surface area contributed by atoms with E-state index in [1.165, 1.54) is 11.3 Å². The smallest absolute Gasteiger partial charge is 0.270 e. The number of thiazole rings is 1. The van der Waals surface area contributed by atoms with Crippen LogP contribution in [0, 0.1) is 0 Å². The van der Waals surface area contributed by atoms with Crippen molar-refractivity contribution >= 4 is 17.2 Å². The lowest BCUT2D eigenvalue weighted by atomic mass is 10.2. The van der Waals surface area contributed by atoms with Gasteiger partial charge in [0.1, 0.15) is 17.3 Å². The van der Waals surface area contributed by atoms with Crippen LogP contribution in [0.5, 0.6) is 11.5 Å². The maximum absolute atomic E-state index is 12.1. The molecule has 0 aliphatic carbocycles. The zero-order chi connectivity index (χ0) is 19.8. The minimum Gasteiger partial charge on any atom is -0.493 e. The second-order valence-corrected chi connectivity index (χ2v) is 6.78. The Morgan fingerprint density at radius 3 is 2.68 bits per heavy atom. The fraction of sp³-hybridized carbons (Fsp3) is 0.238. The standard InChI is InChI=1S/C21H22N2O4S/c1-25-11-10-22-20(24)17-14-28-21(23-17)16-8-9-18(19(12-16)26-2)27-13-15-6-4-3-5-7-15/h3-9,12,14H,10-11,13H2,1-2H3,(H,22,24). The largest absolute Gasteiger partial charge is 0.493 e. The highest BCUT2D eigenvalue weighted by Gasteiger charge is 2.14. The van der Waals surface area contributed by atoms with Gasteiger partial charge in [0.25, 0.3) is 5.91 Å². The van der Waals surface area contributed by atoms with Gasteiger partial charge in [0, 0.05) is 24.6 Å². The molecule has 0 bridgehead atoms. The first kappa shape index (κ1) is 19.9. The molecule has 28 heavy (non-hydrogen) atoms. The molecule has 1 aromatic heterocycles. The van der Waals surface area contributed by atoms with Crippen molar-refractivity contribution in [2.75, 3.05) is 27.4 Å². The summed E-state index contributed by atoms with van der Waals surface area (Å²) >= 11 is 1.41. The van der Waals surface area contributed by atoms with Crippen LogP contribution in [0.1, 0.15) is 16.1 Å². The number of nitrogens with one attached hydrogen (secondary N) is 1. The first-order chi connectivity index (χ1) is 13.7. The van der Waals surface area contributed by atoms with Gasteiger partial charge < -0.3 is 19.5 Å². The first-order valence-corrected chi connectivity index (χ1v) is 9.67. The van der Waals surface area contributed by atoms with E-state index in [0.717, 1.165) is 16.1 Å². The van der Waals surface area contributed by atoms with Crippen LogP contribution in [0.15, 0.2) is 53.9 Å². The summed E-state index contributed by atoms with van der Waals surface area (Å²) in [6.45, 7) is 1.37. The van der Waals surface area contributed by atoms with E-state index >= 15 is 0 Å². The minimum absolute atomic E-state index is 0.214. The van der Waals surface area contributed by atoms with Gasteiger partial charge in [-0.05, 0) is 23.8 Å². The van der Waals surface area contributed by atoms with Crippen LogP contribution < -0.4 is 14.8 Å². The second kappa shape index (κ2) is 9.87. The molecule has 0 saturated heterocycles. The summed E-state index contributed by atoms with van der Waals surface area (Å²) in [6.07, 6.45) is 0. The van der Waals surface area contributed by atoms with Crippen LogP contribution in [0.4, 0.5) is 0 Å². The fourth-order valence-electron chi connectivity index (χ4n) is 2.52. The molecule has 1 amide bonds. The number of amides is 1. The Morgan fingerprint density at radius 1 is 1.11 bits per heavy atom. The molecule has 0 saturated carbocycles. The van der Waals surface area contributed by atoms with Crippen LogP contribution in [0.25, 0.3) is 10.6 Å². The number of methoxy groups -OCH3 is 2. The average molecular weight is 398 g/mol. The Labute approximate surface area is 168 Å². The van der Waals surface area contributed by atoms with Gasteiger partial charge in [-0.2, -0.15) is 0 Å². The van der Waals surface area contributed by atoms with Crippen molar-refractivity contribution < 1.29 is 19.0 Å². The number of aromatic nitrogens is 1. The van der Waals surface area contributed by atoms with E-state index in [1.54, 1.807) is 19.6 Å². The molecule has 2 aromatic carbocycles. The molecule has 0 fully saturated rings. The van der Waals surface area contributed by atoms with Gasteiger partial charge in [-0.25, -0.2) is 4.98 Å². The van der Waals surface area contributed by atoms with E-state index in [2.05, 4.69) is 10.3 Å². The van der Waals surface area contributed by atoms with Crippen molar-refractivity contribution in [2.45, 2.75) is 6.61 Å². The van der Waals surface area contributed by atoms with Crippen molar-refractivity contribution in [1.29, 1.82) is 0 Å². The summed E-state index contributed by atoms with van der Waals surface area (Å²) in [5.74, 6) is 1.06. The molecule has 0 aliphatic rings. The van der Waals surface area contributed by atoms with Crippen LogP contribution in [0.2, 0.25) is 0 Å². The lowest BCUT2D eigenvalue weighted by Gasteiger charge is -2.11. The van der Waals surface area contributed by atoms with Gasteiger partial charge >= 0.3 is 0 Å². The van der Waals surface area contributed by atoms with E-state index in [9.17, 15) is 4.79 Å². The van der Waals surface area contributed by atoms with Crippen LogP contribution in [-0.2, 0) is 11.3 Å². The number of ether oxygens (including phenoxy) is 3. The van der Waals surface area contributed by atoms with Gasteiger partial charge in [0.2, 0.25) is 0 Å². The number of carbonyl (C=O) groups excluding carboxylic acids is 1. The van der Waals surface area contributed by atoms with Gasteiger partial charge in [0.05, 0.1) is 13.7 Å². The quantitative estimate of drug-likeness (QED) is 0.556.